The molecule has 2 N–H and O–H groups in total. The minimum Gasteiger partial charge on any atom is -0.354 e. The van der Waals surface area contributed by atoms with E-state index in [0.29, 0.717) is 23.2 Å². The minimum absolute atomic E-state index is 0.129. The Balaban J connectivity index is 1.62. The first kappa shape index (κ1) is 20.3. The summed E-state index contributed by atoms with van der Waals surface area (Å²) in [5, 5.41) is 5.39. The summed E-state index contributed by atoms with van der Waals surface area (Å²) >= 11 is 0. The van der Waals surface area contributed by atoms with Gasteiger partial charge >= 0.3 is 0 Å². The van der Waals surface area contributed by atoms with Crippen LogP contribution < -0.4 is 10.6 Å². The maximum absolute atomic E-state index is 12.4. The fourth-order valence-electron chi connectivity index (χ4n) is 3.07. The molecule has 2 aromatic rings. The Morgan fingerprint density at radius 3 is 2.10 bits per heavy atom. The average molecular weight is 393 g/mol. The Morgan fingerprint density at radius 1 is 0.966 bits per heavy atom. The predicted molar refractivity (Wildman–Crippen MR) is 107 cm³/mol. The monoisotopic (exact) mass is 393 g/mol. The first-order chi connectivity index (χ1) is 13.9. The third-order valence-corrected chi connectivity index (χ3v) is 4.73. The van der Waals surface area contributed by atoms with Gasteiger partial charge in [0.2, 0.25) is 5.91 Å². The van der Waals surface area contributed by atoms with E-state index in [1.165, 1.54) is 4.90 Å². The third-order valence-electron chi connectivity index (χ3n) is 4.73. The van der Waals surface area contributed by atoms with Crippen LogP contribution in [0.25, 0.3) is 0 Å². The fourth-order valence-corrected chi connectivity index (χ4v) is 3.07. The predicted octanol–water partition coefficient (Wildman–Crippen LogP) is 2.13. The molecule has 0 radical (unpaired) electrons. The van der Waals surface area contributed by atoms with Crippen LogP contribution in [-0.2, 0) is 11.3 Å². The van der Waals surface area contributed by atoms with Gasteiger partial charge in [-0.2, -0.15) is 0 Å². The zero-order valence-electron chi connectivity index (χ0n) is 16.4. The molecule has 1 atom stereocenters. The quantitative estimate of drug-likeness (QED) is 0.705. The number of nitrogens with one attached hydrogen (secondary N) is 2. The molecule has 0 saturated heterocycles. The number of hydrogen-bond acceptors (Lipinski definition) is 4. The van der Waals surface area contributed by atoms with Crippen LogP contribution in [0.1, 0.15) is 56.9 Å². The molecule has 0 aliphatic carbocycles. The van der Waals surface area contributed by atoms with Crippen LogP contribution >= 0.6 is 0 Å². The standard InChI is InChI=1S/C22H23N3O4/c1-3-12-23-19(26)14(2)24-20(27)16-10-8-15(9-11-16)13-25-21(28)17-6-4-5-7-18(17)22(25)29/h4-11,14H,3,12-13H2,1-2H3,(H,23,26)(H,24,27). The first-order valence-electron chi connectivity index (χ1n) is 9.55. The number of carbonyl (C=O) groups excluding carboxylic acids is 4. The Hall–Kier alpha value is -3.48. The molecule has 4 amide bonds. The van der Waals surface area contributed by atoms with Gasteiger partial charge in [-0.15, -0.1) is 0 Å². The van der Waals surface area contributed by atoms with E-state index in [-0.39, 0.29) is 30.2 Å². The molecule has 0 saturated carbocycles. The van der Waals surface area contributed by atoms with Gasteiger partial charge in [-0.1, -0.05) is 31.2 Å². The summed E-state index contributed by atoms with van der Waals surface area (Å²) in [5.74, 6) is -1.24. The molecule has 1 aliphatic heterocycles. The van der Waals surface area contributed by atoms with Crippen molar-refractivity contribution >= 4 is 23.6 Å². The van der Waals surface area contributed by atoms with Crippen molar-refractivity contribution in [2.24, 2.45) is 0 Å². The summed E-state index contributed by atoms with van der Waals surface area (Å²) in [6.45, 7) is 4.27. The van der Waals surface area contributed by atoms with Crippen LogP contribution in [0, 0.1) is 0 Å². The summed E-state index contributed by atoms with van der Waals surface area (Å²) in [6, 6.07) is 12.7. The largest absolute Gasteiger partial charge is 0.354 e. The minimum atomic E-state index is -0.646. The fraction of sp³-hybridized carbons (Fsp3) is 0.273. The maximum atomic E-state index is 12.4. The number of amides is 4. The van der Waals surface area contributed by atoms with E-state index in [2.05, 4.69) is 10.6 Å². The average Bonchev–Trinajstić information content (AvgIpc) is 2.97. The molecule has 3 rings (SSSR count). The van der Waals surface area contributed by atoms with E-state index < -0.39 is 6.04 Å². The van der Waals surface area contributed by atoms with Crippen molar-refractivity contribution in [3.05, 3.63) is 70.8 Å². The first-order valence-corrected chi connectivity index (χ1v) is 9.55. The number of fused-ring (bicyclic) bond motifs is 1. The molecule has 1 aliphatic rings. The number of nitrogens with zero attached hydrogens (tertiary/aromatic N) is 1. The summed E-state index contributed by atoms with van der Waals surface area (Å²) < 4.78 is 0. The van der Waals surface area contributed by atoms with Gasteiger partial charge < -0.3 is 10.6 Å². The van der Waals surface area contributed by atoms with E-state index in [9.17, 15) is 19.2 Å². The Labute approximate surface area is 169 Å². The van der Waals surface area contributed by atoms with E-state index in [1.807, 2.05) is 6.92 Å². The SMILES string of the molecule is CCCNC(=O)C(C)NC(=O)c1ccc(CN2C(=O)c3ccccc3C2=O)cc1. The summed E-state index contributed by atoms with van der Waals surface area (Å²) in [6.07, 6.45) is 0.820. The Bertz CT molecular complexity index is 918. The maximum Gasteiger partial charge on any atom is 0.261 e. The van der Waals surface area contributed by atoms with Gasteiger partial charge in [-0.25, -0.2) is 0 Å². The van der Waals surface area contributed by atoms with Crippen molar-refractivity contribution in [3.8, 4) is 0 Å². The van der Waals surface area contributed by atoms with E-state index in [1.54, 1.807) is 55.5 Å². The van der Waals surface area contributed by atoms with Crippen LogP contribution in [0.15, 0.2) is 48.5 Å². The van der Waals surface area contributed by atoms with Crippen LogP contribution in [0.4, 0.5) is 0 Å². The van der Waals surface area contributed by atoms with Crippen molar-refractivity contribution in [1.82, 2.24) is 15.5 Å². The van der Waals surface area contributed by atoms with E-state index in [4.69, 9.17) is 0 Å². The number of benzene rings is 2. The third kappa shape index (κ3) is 4.34. The second-order valence-electron chi connectivity index (χ2n) is 6.93. The molecular formula is C22H23N3O4. The van der Waals surface area contributed by atoms with Gasteiger partial charge in [-0.3, -0.25) is 24.1 Å². The normalized spacial score (nSPS) is 13.8. The van der Waals surface area contributed by atoms with Gasteiger partial charge in [0, 0.05) is 12.1 Å². The van der Waals surface area contributed by atoms with Gasteiger partial charge in [0.15, 0.2) is 0 Å². The van der Waals surface area contributed by atoms with Crippen LogP contribution in [-0.4, -0.2) is 41.1 Å². The molecule has 29 heavy (non-hydrogen) atoms. The van der Waals surface area contributed by atoms with Crippen LogP contribution in [0.2, 0.25) is 0 Å². The smallest absolute Gasteiger partial charge is 0.261 e. The zero-order chi connectivity index (χ0) is 21.0. The lowest BCUT2D eigenvalue weighted by Crippen LogP contribution is -2.45. The number of carbonyl (C=O) groups is 4. The number of hydrogen-bond donors (Lipinski definition) is 2. The Morgan fingerprint density at radius 2 is 1.55 bits per heavy atom. The number of rotatable bonds is 7. The van der Waals surface area contributed by atoms with Crippen molar-refractivity contribution in [2.45, 2.75) is 32.9 Å². The Kier molecular flexibility index (Phi) is 6.07. The van der Waals surface area contributed by atoms with Gasteiger partial charge in [-0.05, 0) is 43.2 Å². The van der Waals surface area contributed by atoms with Crippen molar-refractivity contribution < 1.29 is 19.2 Å². The summed E-state index contributed by atoms with van der Waals surface area (Å²) in [5.41, 5.74) is 1.93. The zero-order valence-corrected chi connectivity index (χ0v) is 16.4. The highest BCUT2D eigenvalue weighted by atomic mass is 16.2. The molecule has 2 aromatic carbocycles. The van der Waals surface area contributed by atoms with Gasteiger partial charge in [0.1, 0.15) is 6.04 Å². The molecule has 0 fully saturated rings. The lowest BCUT2D eigenvalue weighted by Gasteiger charge is -2.15. The molecule has 7 heteroatoms. The highest BCUT2D eigenvalue weighted by Crippen LogP contribution is 2.24. The molecule has 1 unspecified atom stereocenters. The van der Waals surface area contributed by atoms with Crippen LogP contribution in [0.3, 0.4) is 0 Å². The molecule has 1 heterocycles. The topological polar surface area (TPSA) is 95.6 Å². The molecule has 7 nitrogen and oxygen atoms in total. The highest BCUT2D eigenvalue weighted by molar-refractivity contribution is 6.21. The van der Waals surface area contributed by atoms with Crippen molar-refractivity contribution in [1.29, 1.82) is 0 Å². The van der Waals surface area contributed by atoms with Gasteiger partial charge in [0.25, 0.3) is 17.7 Å². The van der Waals surface area contributed by atoms with Crippen molar-refractivity contribution in [3.63, 3.8) is 0 Å². The molecule has 150 valence electrons. The second-order valence-corrected chi connectivity index (χ2v) is 6.93. The van der Waals surface area contributed by atoms with Gasteiger partial charge in [0.05, 0.1) is 17.7 Å². The van der Waals surface area contributed by atoms with E-state index in [0.717, 1.165) is 12.0 Å². The van der Waals surface area contributed by atoms with Crippen molar-refractivity contribution in [2.75, 3.05) is 6.54 Å². The number of imide groups is 1. The highest BCUT2D eigenvalue weighted by Gasteiger charge is 2.34. The lowest BCUT2D eigenvalue weighted by atomic mass is 10.1. The van der Waals surface area contributed by atoms with E-state index >= 15 is 0 Å². The molecular weight excluding hydrogens is 370 g/mol. The summed E-state index contributed by atoms with van der Waals surface area (Å²) in [4.78, 5) is 50.3. The summed E-state index contributed by atoms with van der Waals surface area (Å²) in [7, 11) is 0. The molecule has 0 aromatic heterocycles. The lowest BCUT2D eigenvalue weighted by molar-refractivity contribution is -0.122. The van der Waals surface area contributed by atoms with Crippen LogP contribution in [0.5, 0.6) is 0 Å². The second kappa shape index (κ2) is 8.68. The molecule has 0 spiro atoms. The molecule has 0 bridgehead atoms.